The lowest BCUT2D eigenvalue weighted by molar-refractivity contribution is -0.140. The number of benzene rings is 1. The Balaban J connectivity index is 1.86. The van der Waals surface area contributed by atoms with E-state index in [1.54, 1.807) is 67.1 Å². The Labute approximate surface area is 172 Å². The van der Waals surface area contributed by atoms with Crippen molar-refractivity contribution in [1.82, 2.24) is 14.9 Å². The van der Waals surface area contributed by atoms with Gasteiger partial charge in [-0.1, -0.05) is 35.9 Å². The standard InChI is InChI=1S/C22H16ClN3O3/c23-16-7-3-5-14(11-16)20(27)18-19(15-6-4-9-24-12-15)26(22(29)21(18)28)13-17-8-1-2-10-25-17/h1-12,19,27H,13H2/b20-18-. The van der Waals surface area contributed by atoms with Gasteiger partial charge in [-0.3, -0.25) is 19.6 Å². The van der Waals surface area contributed by atoms with E-state index in [1.807, 2.05) is 6.07 Å². The van der Waals surface area contributed by atoms with Crippen LogP contribution in [0.5, 0.6) is 0 Å². The number of halogens is 1. The molecule has 1 amide bonds. The van der Waals surface area contributed by atoms with E-state index in [2.05, 4.69) is 9.97 Å². The Hall–Kier alpha value is -3.51. The molecule has 3 aromatic rings. The molecular formula is C22H16ClN3O3. The second kappa shape index (κ2) is 7.85. The molecule has 1 aromatic carbocycles. The number of rotatable bonds is 4. The number of hydrogen-bond donors (Lipinski definition) is 1. The minimum absolute atomic E-state index is 0.00111. The third-order valence-electron chi connectivity index (χ3n) is 4.70. The third kappa shape index (κ3) is 3.62. The summed E-state index contributed by atoms with van der Waals surface area (Å²) < 4.78 is 0. The molecule has 1 unspecified atom stereocenters. The van der Waals surface area contributed by atoms with Crippen LogP contribution in [0.3, 0.4) is 0 Å². The van der Waals surface area contributed by atoms with Crippen molar-refractivity contribution in [2.75, 3.05) is 0 Å². The van der Waals surface area contributed by atoms with Gasteiger partial charge in [0.2, 0.25) is 0 Å². The van der Waals surface area contributed by atoms with Crippen LogP contribution in [0.4, 0.5) is 0 Å². The fraction of sp³-hybridized carbons (Fsp3) is 0.0909. The predicted octanol–water partition coefficient (Wildman–Crippen LogP) is 3.75. The van der Waals surface area contributed by atoms with E-state index in [4.69, 9.17) is 11.6 Å². The van der Waals surface area contributed by atoms with Crippen LogP contribution in [0.2, 0.25) is 5.02 Å². The minimum Gasteiger partial charge on any atom is -0.507 e. The van der Waals surface area contributed by atoms with E-state index in [-0.39, 0.29) is 17.9 Å². The molecule has 0 spiro atoms. The molecule has 1 N–H and O–H groups in total. The van der Waals surface area contributed by atoms with Crippen molar-refractivity contribution in [2.45, 2.75) is 12.6 Å². The van der Waals surface area contributed by atoms with E-state index >= 15 is 0 Å². The van der Waals surface area contributed by atoms with Gasteiger partial charge in [0.1, 0.15) is 5.76 Å². The molecule has 2 aromatic heterocycles. The molecule has 0 saturated carbocycles. The Morgan fingerprint density at radius 2 is 1.93 bits per heavy atom. The van der Waals surface area contributed by atoms with E-state index in [0.717, 1.165) is 0 Å². The quantitative estimate of drug-likeness (QED) is 0.406. The fourth-order valence-corrected chi connectivity index (χ4v) is 3.58. The lowest BCUT2D eigenvalue weighted by Gasteiger charge is -2.24. The smallest absolute Gasteiger partial charge is 0.296 e. The van der Waals surface area contributed by atoms with Gasteiger partial charge in [-0.25, -0.2) is 0 Å². The van der Waals surface area contributed by atoms with Crippen molar-refractivity contribution in [1.29, 1.82) is 0 Å². The number of aromatic nitrogens is 2. The van der Waals surface area contributed by atoms with E-state index in [9.17, 15) is 14.7 Å². The van der Waals surface area contributed by atoms with Crippen LogP contribution < -0.4 is 0 Å². The molecule has 0 radical (unpaired) electrons. The largest absolute Gasteiger partial charge is 0.507 e. The van der Waals surface area contributed by atoms with Gasteiger partial charge in [0.25, 0.3) is 11.7 Å². The van der Waals surface area contributed by atoms with Gasteiger partial charge in [0.15, 0.2) is 0 Å². The zero-order chi connectivity index (χ0) is 20.4. The number of pyridine rings is 2. The van der Waals surface area contributed by atoms with Crippen molar-refractivity contribution < 1.29 is 14.7 Å². The van der Waals surface area contributed by atoms with Gasteiger partial charge in [-0.2, -0.15) is 0 Å². The highest BCUT2D eigenvalue weighted by Gasteiger charge is 2.46. The SMILES string of the molecule is O=C1C(=O)N(Cc2ccccn2)C(c2cccnc2)/C1=C(/O)c1cccc(Cl)c1. The van der Waals surface area contributed by atoms with Crippen molar-refractivity contribution in [3.8, 4) is 0 Å². The summed E-state index contributed by atoms with van der Waals surface area (Å²) in [5, 5.41) is 11.3. The van der Waals surface area contributed by atoms with Crippen LogP contribution in [0.25, 0.3) is 5.76 Å². The van der Waals surface area contributed by atoms with Crippen LogP contribution in [-0.2, 0) is 16.1 Å². The molecule has 1 saturated heterocycles. The molecule has 0 bridgehead atoms. The number of amides is 1. The first-order valence-electron chi connectivity index (χ1n) is 8.90. The summed E-state index contributed by atoms with van der Waals surface area (Å²) in [6.07, 6.45) is 4.80. The third-order valence-corrected chi connectivity index (χ3v) is 4.93. The highest BCUT2D eigenvalue weighted by atomic mass is 35.5. The maximum absolute atomic E-state index is 12.9. The van der Waals surface area contributed by atoms with Crippen molar-refractivity contribution >= 4 is 29.1 Å². The number of carbonyl (C=O) groups is 2. The maximum Gasteiger partial charge on any atom is 0.296 e. The summed E-state index contributed by atoms with van der Waals surface area (Å²) in [4.78, 5) is 35.5. The Morgan fingerprint density at radius 1 is 1.07 bits per heavy atom. The van der Waals surface area contributed by atoms with Gasteiger partial charge >= 0.3 is 0 Å². The van der Waals surface area contributed by atoms with E-state index < -0.39 is 17.7 Å². The highest BCUT2D eigenvalue weighted by Crippen LogP contribution is 2.40. The first kappa shape index (κ1) is 18.8. The summed E-state index contributed by atoms with van der Waals surface area (Å²) in [6.45, 7) is 0.122. The second-order valence-electron chi connectivity index (χ2n) is 6.54. The topological polar surface area (TPSA) is 83.4 Å². The molecule has 1 aliphatic heterocycles. The van der Waals surface area contributed by atoms with Crippen LogP contribution in [0.1, 0.15) is 22.9 Å². The van der Waals surface area contributed by atoms with Gasteiger partial charge in [-0.15, -0.1) is 0 Å². The van der Waals surface area contributed by atoms with Crippen LogP contribution in [0, 0.1) is 0 Å². The van der Waals surface area contributed by atoms with Gasteiger partial charge in [0.05, 0.1) is 23.9 Å². The molecule has 1 atom stereocenters. The summed E-state index contributed by atoms with van der Waals surface area (Å²) in [7, 11) is 0. The zero-order valence-electron chi connectivity index (χ0n) is 15.2. The Bertz CT molecular complexity index is 1100. The first-order chi connectivity index (χ1) is 14.1. The van der Waals surface area contributed by atoms with Crippen LogP contribution >= 0.6 is 11.6 Å². The molecule has 29 heavy (non-hydrogen) atoms. The molecule has 0 aliphatic carbocycles. The van der Waals surface area contributed by atoms with E-state index in [0.29, 0.717) is 21.8 Å². The summed E-state index contributed by atoms with van der Waals surface area (Å²) in [5.74, 6) is -1.73. The fourth-order valence-electron chi connectivity index (χ4n) is 3.38. The summed E-state index contributed by atoms with van der Waals surface area (Å²) in [6, 6.07) is 14.6. The number of hydrogen-bond acceptors (Lipinski definition) is 5. The molecular weight excluding hydrogens is 390 g/mol. The summed E-state index contributed by atoms with van der Waals surface area (Å²) in [5.41, 5.74) is 1.61. The van der Waals surface area contributed by atoms with Crippen LogP contribution in [-0.4, -0.2) is 31.7 Å². The highest BCUT2D eigenvalue weighted by molar-refractivity contribution is 6.46. The van der Waals surface area contributed by atoms with Crippen molar-refractivity contribution in [2.24, 2.45) is 0 Å². The molecule has 144 valence electrons. The lowest BCUT2D eigenvalue weighted by Crippen LogP contribution is -2.29. The maximum atomic E-state index is 12.9. The molecule has 3 heterocycles. The number of ketones is 1. The zero-order valence-corrected chi connectivity index (χ0v) is 16.0. The number of aliphatic hydroxyl groups excluding tert-OH is 1. The lowest BCUT2D eigenvalue weighted by atomic mass is 9.96. The van der Waals surface area contributed by atoms with Crippen molar-refractivity contribution in [3.63, 3.8) is 0 Å². The average molecular weight is 406 g/mol. The molecule has 1 fully saturated rings. The van der Waals surface area contributed by atoms with E-state index in [1.165, 1.54) is 4.90 Å². The molecule has 6 nitrogen and oxygen atoms in total. The number of Topliss-reactive ketones (excluding diaryl/α,β-unsaturated/α-hetero) is 1. The number of likely N-dealkylation sites (tertiary alicyclic amines) is 1. The minimum atomic E-state index is -0.787. The predicted molar refractivity (Wildman–Crippen MR) is 108 cm³/mol. The number of carbonyl (C=O) groups excluding carboxylic acids is 2. The second-order valence-corrected chi connectivity index (χ2v) is 6.98. The van der Waals surface area contributed by atoms with Gasteiger partial charge in [0, 0.05) is 29.2 Å². The normalized spacial score (nSPS) is 18.2. The Morgan fingerprint density at radius 3 is 2.62 bits per heavy atom. The van der Waals surface area contributed by atoms with Gasteiger partial charge in [-0.05, 0) is 35.9 Å². The molecule has 4 rings (SSSR count). The van der Waals surface area contributed by atoms with Gasteiger partial charge < -0.3 is 10.0 Å². The van der Waals surface area contributed by atoms with Crippen LogP contribution in [0.15, 0.2) is 78.8 Å². The molecule has 7 heteroatoms. The first-order valence-corrected chi connectivity index (χ1v) is 9.28. The Kier molecular flexibility index (Phi) is 5.10. The average Bonchev–Trinajstić information content (AvgIpc) is 2.99. The number of aliphatic hydroxyl groups is 1. The monoisotopic (exact) mass is 405 g/mol. The number of nitrogens with zero attached hydrogens (tertiary/aromatic N) is 3. The van der Waals surface area contributed by atoms with Crippen molar-refractivity contribution in [3.05, 3.63) is 101 Å². The molecule has 1 aliphatic rings. The summed E-state index contributed by atoms with van der Waals surface area (Å²) >= 11 is 6.04.